The molecule has 1 amide bonds. The van der Waals surface area contributed by atoms with Gasteiger partial charge in [-0.25, -0.2) is 4.98 Å². The maximum absolute atomic E-state index is 13.0. The molecule has 0 aliphatic rings. The number of methoxy groups -OCH3 is 1. The van der Waals surface area contributed by atoms with Crippen LogP contribution in [0.3, 0.4) is 0 Å². The van der Waals surface area contributed by atoms with E-state index in [-0.39, 0.29) is 10.9 Å². The summed E-state index contributed by atoms with van der Waals surface area (Å²) in [5.41, 5.74) is 0.725. The molecule has 0 radical (unpaired) electrons. The Morgan fingerprint density at radius 2 is 2.03 bits per heavy atom. The second-order valence-corrected chi connectivity index (χ2v) is 8.82. The van der Waals surface area contributed by atoms with Gasteiger partial charge in [0.15, 0.2) is 5.13 Å². The molecule has 10 heteroatoms. The number of anilines is 1. The van der Waals surface area contributed by atoms with Crippen molar-refractivity contribution in [1.82, 2.24) is 9.88 Å². The zero-order chi connectivity index (χ0) is 21.7. The summed E-state index contributed by atoms with van der Waals surface area (Å²) < 4.78 is 6.32. The summed E-state index contributed by atoms with van der Waals surface area (Å²) in [6.07, 6.45) is 3.82. The van der Waals surface area contributed by atoms with Crippen LogP contribution in [0, 0.1) is 10.1 Å². The van der Waals surface area contributed by atoms with Gasteiger partial charge in [-0.15, -0.1) is 0 Å². The number of nitrogens with zero attached hydrogens (tertiary/aromatic N) is 4. The minimum absolute atomic E-state index is 0.0446. The van der Waals surface area contributed by atoms with Crippen molar-refractivity contribution >= 4 is 55.0 Å². The Bertz CT molecular complexity index is 1070. The van der Waals surface area contributed by atoms with Crippen molar-refractivity contribution in [1.29, 1.82) is 0 Å². The molecule has 2 heterocycles. The third kappa shape index (κ3) is 5.21. The summed E-state index contributed by atoms with van der Waals surface area (Å²) in [7, 11) is 5.56. The number of amides is 1. The molecule has 3 rings (SSSR count). The number of thiophene rings is 1. The average molecular weight is 447 g/mol. The molecule has 1 aromatic carbocycles. The van der Waals surface area contributed by atoms with E-state index in [4.69, 9.17) is 4.74 Å². The Hall–Kier alpha value is -2.82. The van der Waals surface area contributed by atoms with Gasteiger partial charge in [0.25, 0.3) is 5.91 Å². The molecule has 0 saturated heterocycles. The number of nitro groups is 1. The molecule has 0 atom stereocenters. The largest absolute Gasteiger partial charge is 0.494 e. The molecule has 0 fully saturated rings. The standard InChI is InChI=1S/C20H22N4O4S2/c1-22(2)12-5-13-23(17(25)10-8-14-9-11-18(29-14)24(26)27)20-21-19-15(28-3)6-4-7-16(19)30-20/h4,6-11H,5,12-13H2,1-3H3/b10-8+. The number of para-hydroxylation sites is 1. The van der Waals surface area contributed by atoms with Gasteiger partial charge in [-0.1, -0.05) is 28.7 Å². The fraction of sp³-hybridized carbons (Fsp3) is 0.300. The summed E-state index contributed by atoms with van der Waals surface area (Å²) >= 11 is 2.46. The highest BCUT2D eigenvalue weighted by molar-refractivity contribution is 7.22. The van der Waals surface area contributed by atoms with Crippen LogP contribution in [0.2, 0.25) is 0 Å². The number of hydrogen-bond donors (Lipinski definition) is 0. The second kappa shape index (κ2) is 9.79. The number of benzene rings is 1. The van der Waals surface area contributed by atoms with Crippen molar-refractivity contribution in [3.63, 3.8) is 0 Å². The van der Waals surface area contributed by atoms with Crippen LogP contribution < -0.4 is 9.64 Å². The van der Waals surface area contributed by atoms with E-state index >= 15 is 0 Å². The predicted octanol–water partition coefficient (Wildman–Crippen LogP) is 4.27. The first kappa shape index (κ1) is 21.9. The fourth-order valence-electron chi connectivity index (χ4n) is 2.81. The Kier molecular flexibility index (Phi) is 7.14. The van der Waals surface area contributed by atoms with Gasteiger partial charge in [0.05, 0.1) is 16.7 Å². The highest BCUT2D eigenvalue weighted by Crippen LogP contribution is 2.34. The smallest absolute Gasteiger partial charge is 0.324 e. The van der Waals surface area contributed by atoms with Gasteiger partial charge < -0.3 is 9.64 Å². The van der Waals surface area contributed by atoms with Crippen LogP contribution in [0.5, 0.6) is 5.75 Å². The van der Waals surface area contributed by atoms with Gasteiger partial charge in [-0.2, -0.15) is 0 Å². The van der Waals surface area contributed by atoms with Crippen molar-refractivity contribution in [3.8, 4) is 5.75 Å². The summed E-state index contributed by atoms with van der Waals surface area (Å²) in [6.45, 7) is 1.34. The molecule has 158 valence electrons. The number of ether oxygens (including phenoxy) is 1. The number of rotatable bonds is 9. The van der Waals surface area contributed by atoms with E-state index in [2.05, 4.69) is 9.88 Å². The number of carbonyl (C=O) groups is 1. The molecular formula is C20H22N4O4S2. The van der Waals surface area contributed by atoms with Crippen LogP contribution in [0.15, 0.2) is 36.4 Å². The molecule has 0 unspecified atom stereocenters. The molecule has 3 aromatic rings. The summed E-state index contributed by atoms with van der Waals surface area (Å²) in [5, 5.41) is 11.5. The van der Waals surface area contributed by atoms with E-state index in [1.54, 1.807) is 24.2 Å². The Balaban J connectivity index is 1.86. The summed E-state index contributed by atoms with van der Waals surface area (Å²) in [6, 6.07) is 8.75. The third-order valence-corrected chi connectivity index (χ3v) is 6.30. The lowest BCUT2D eigenvalue weighted by Crippen LogP contribution is -2.32. The van der Waals surface area contributed by atoms with Crippen LogP contribution >= 0.6 is 22.7 Å². The lowest BCUT2D eigenvalue weighted by Gasteiger charge is -2.19. The number of carbonyl (C=O) groups excluding carboxylic acids is 1. The van der Waals surface area contributed by atoms with Crippen LogP contribution in [0.1, 0.15) is 11.3 Å². The third-order valence-electron chi connectivity index (χ3n) is 4.26. The maximum Gasteiger partial charge on any atom is 0.324 e. The Labute approximate surface area is 182 Å². The molecule has 0 aliphatic heterocycles. The first-order chi connectivity index (χ1) is 14.4. The Morgan fingerprint density at radius 3 is 2.70 bits per heavy atom. The van der Waals surface area contributed by atoms with Crippen LogP contribution in [-0.4, -0.2) is 55.0 Å². The lowest BCUT2D eigenvalue weighted by atomic mass is 10.3. The van der Waals surface area contributed by atoms with Gasteiger partial charge in [0.1, 0.15) is 11.3 Å². The molecule has 8 nitrogen and oxygen atoms in total. The predicted molar refractivity (Wildman–Crippen MR) is 122 cm³/mol. The molecule has 0 N–H and O–H groups in total. The van der Waals surface area contributed by atoms with Crippen molar-refractivity contribution < 1.29 is 14.5 Å². The van der Waals surface area contributed by atoms with E-state index in [0.717, 1.165) is 34.5 Å². The molecule has 0 aliphatic carbocycles. The minimum atomic E-state index is -0.439. The topological polar surface area (TPSA) is 88.8 Å². The van der Waals surface area contributed by atoms with E-state index in [1.165, 1.54) is 23.5 Å². The van der Waals surface area contributed by atoms with Crippen LogP contribution in [0.4, 0.5) is 10.1 Å². The summed E-state index contributed by atoms with van der Waals surface area (Å²) in [4.78, 5) is 32.4. The Morgan fingerprint density at radius 1 is 1.23 bits per heavy atom. The second-order valence-electron chi connectivity index (χ2n) is 6.72. The van der Waals surface area contributed by atoms with Crippen LogP contribution in [0.25, 0.3) is 16.3 Å². The SMILES string of the molecule is COc1cccc2sc(N(CCCN(C)C)C(=O)/C=C/c3ccc([N+](=O)[O-])s3)nc12. The van der Waals surface area contributed by atoms with Crippen molar-refractivity contribution in [2.24, 2.45) is 0 Å². The van der Waals surface area contributed by atoms with Gasteiger partial charge in [-0.3, -0.25) is 19.8 Å². The zero-order valence-corrected chi connectivity index (χ0v) is 18.5. The molecule has 0 bridgehead atoms. The number of aromatic nitrogens is 1. The maximum atomic E-state index is 13.0. The summed E-state index contributed by atoms with van der Waals surface area (Å²) in [5.74, 6) is 0.444. The molecule has 0 spiro atoms. The minimum Gasteiger partial charge on any atom is -0.494 e. The number of hydrogen-bond acceptors (Lipinski definition) is 8. The highest BCUT2D eigenvalue weighted by Gasteiger charge is 2.19. The van der Waals surface area contributed by atoms with Crippen LogP contribution in [-0.2, 0) is 4.79 Å². The first-order valence-corrected chi connectivity index (χ1v) is 10.8. The van der Waals surface area contributed by atoms with E-state index in [1.807, 2.05) is 32.3 Å². The number of fused-ring (bicyclic) bond motifs is 1. The highest BCUT2D eigenvalue weighted by atomic mass is 32.1. The number of thiazole rings is 1. The fourth-order valence-corrected chi connectivity index (χ4v) is 4.55. The zero-order valence-electron chi connectivity index (χ0n) is 16.9. The van der Waals surface area contributed by atoms with E-state index in [0.29, 0.717) is 22.3 Å². The van der Waals surface area contributed by atoms with Gasteiger partial charge in [-0.05, 0) is 51.3 Å². The first-order valence-electron chi connectivity index (χ1n) is 9.21. The van der Waals surface area contributed by atoms with E-state index in [9.17, 15) is 14.9 Å². The van der Waals surface area contributed by atoms with Gasteiger partial charge in [0, 0.05) is 23.6 Å². The molecule has 0 saturated carbocycles. The molecule has 2 aromatic heterocycles. The van der Waals surface area contributed by atoms with Crippen molar-refractivity contribution in [3.05, 3.63) is 51.4 Å². The van der Waals surface area contributed by atoms with Crippen molar-refractivity contribution in [2.75, 3.05) is 39.2 Å². The average Bonchev–Trinajstić information content (AvgIpc) is 3.35. The quantitative estimate of drug-likeness (QED) is 0.277. The lowest BCUT2D eigenvalue weighted by molar-refractivity contribution is -0.380. The van der Waals surface area contributed by atoms with Crippen molar-refractivity contribution in [2.45, 2.75) is 6.42 Å². The van der Waals surface area contributed by atoms with Gasteiger partial charge in [0.2, 0.25) is 0 Å². The van der Waals surface area contributed by atoms with E-state index < -0.39 is 4.92 Å². The molecular weight excluding hydrogens is 424 g/mol. The molecule has 30 heavy (non-hydrogen) atoms. The monoisotopic (exact) mass is 446 g/mol. The normalized spacial score (nSPS) is 11.5. The van der Waals surface area contributed by atoms with Gasteiger partial charge >= 0.3 is 5.00 Å².